The number of aryl methyl sites for hydroxylation is 3. The summed E-state index contributed by atoms with van der Waals surface area (Å²) >= 11 is 0. The number of anilines is 3. The molecule has 10 heteroatoms. The fourth-order valence-electron chi connectivity index (χ4n) is 4.21. The minimum Gasteiger partial charge on any atom is -0.465 e. The number of allylic oxidation sites excluding steroid dienone is 1. The molecule has 0 atom stereocenters. The number of esters is 1. The van der Waals surface area contributed by atoms with Gasteiger partial charge in [-0.05, 0) is 56.7 Å². The predicted molar refractivity (Wildman–Crippen MR) is 145 cm³/mol. The van der Waals surface area contributed by atoms with Gasteiger partial charge >= 0.3 is 5.97 Å². The highest BCUT2D eigenvalue weighted by atomic mass is 16.5. The highest BCUT2D eigenvalue weighted by molar-refractivity contribution is 6.03. The van der Waals surface area contributed by atoms with Crippen molar-refractivity contribution in [2.24, 2.45) is 0 Å². The van der Waals surface area contributed by atoms with Crippen LogP contribution in [-0.4, -0.2) is 44.9 Å². The van der Waals surface area contributed by atoms with E-state index >= 15 is 0 Å². The van der Waals surface area contributed by atoms with Crippen LogP contribution in [0.15, 0.2) is 54.6 Å². The molecule has 192 valence electrons. The average molecular weight is 502 g/mol. The van der Waals surface area contributed by atoms with E-state index in [0.29, 0.717) is 42.5 Å². The zero-order valence-electron chi connectivity index (χ0n) is 21.4. The zero-order valence-corrected chi connectivity index (χ0v) is 21.4. The first kappa shape index (κ1) is 25.5. The van der Waals surface area contributed by atoms with Crippen LogP contribution in [0.3, 0.4) is 0 Å². The van der Waals surface area contributed by atoms with E-state index in [-0.39, 0.29) is 5.91 Å². The van der Waals surface area contributed by atoms with Crippen LogP contribution < -0.4 is 16.4 Å². The number of aromatic nitrogens is 4. The lowest BCUT2D eigenvalue weighted by Gasteiger charge is -2.13. The minimum absolute atomic E-state index is 0.258. The van der Waals surface area contributed by atoms with Gasteiger partial charge < -0.3 is 20.4 Å². The highest BCUT2D eigenvalue weighted by Crippen LogP contribution is 2.25. The molecule has 4 aromatic rings. The molecule has 4 rings (SSSR count). The Morgan fingerprint density at radius 3 is 2.65 bits per heavy atom. The van der Waals surface area contributed by atoms with Gasteiger partial charge in [0.1, 0.15) is 5.69 Å². The smallest absolute Gasteiger partial charge is 0.337 e. The lowest BCUT2D eigenvalue weighted by molar-refractivity contribution is 0.0600. The van der Waals surface area contributed by atoms with Crippen LogP contribution >= 0.6 is 0 Å². The Bertz CT molecular complexity index is 1460. The molecular weight excluding hydrogens is 470 g/mol. The van der Waals surface area contributed by atoms with Gasteiger partial charge in [-0.15, -0.1) is 0 Å². The van der Waals surface area contributed by atoms with Crippen LogP contribution in [0.4, 0.5) is 17.3 Å². The summed E-state index contributed by atoms with van der Waals surface area (Å²) in [4.78, 5) is 29.5. The van der Waals surface area contributed by atoms with Crippen molar-refractivity contribution in [3.63, 3.8) is 0 Å². The molecule has 4 N–H and O–H groups in total. The summed E-state index contributed by atoms with van der Waals surface area (Å²) in [6.45, 7) is 7.30. The highest BCUT2D eigenvalue weighted by Gasteiger charge is 2.17. The molecule has 0 radical (unpaired) electrons. The van der Waals surface area contributed by atoms with E-state index < -0.39 is 5.97 Å². The number of carbonyl (C=O) groups excluding carboxylic acids is 2. The lowest BCUT2D eigenvalue weighted by atomic mass is 10.1. The first-order chi connectivity index (χ1) is 17.8. The molecule has 0 saturated carbocycles. The van der Waals surface area contributed by atoms with Crippen molar-refractivity contribution in [3.8, 4) is 0 Å². The third kappa shape index (κ3) is 5.48. The number of carbonyl (C=O) groups is 2. The lowest BCUT2D eigenvalue weighted by Crippen LogP contribution is -2.19. The van der Waals surface area contributed by atoms with E-state index in [1.807, 2.05) is 61.8 Å². The summed E-state index contributed by atoms with van der Waals surface area (Å²) in [7, 11) is 1.34. The van der Waals surface area contributed by atoms with Crippen LogP contribution in [0.5, 0.6) is 0 Å². The number of fused-ring (bicyclic) bond motifs is 1. The van der Waals surface area contributed by atoms with Gasteiger partial charge in [-0.2, -0.15) is 5.10 Å². The number of hydrogen-bond acceptors (Lipinski definition) is 7. The van der Waals surface area contributed by atoms with Gasteiger partial charge in [-0.1, -0.05) is 24.3 Å². The normalized spacial score (nSPS) is 11.2. The number of ether oxygens (including phenoxy) is 1. The minimum atomic E-state index is -0.425. The maximum atomic E-state index is 13.0. The molecule has 0 unspecified atom stereocenters. The van der Waals surface area contributed by atoms with Crippen molar-refractivity contribution in [3.05, 3.63) is 77.1 Å². The van der Waals surface area contributed by atoms with Crippen LogP contribution in [0.2, 0.25) is 0 Å². The molecular formula is C27H31N7O3. The number of hydrogen-bond donors (Lipinski definition) is 3. The number of nitrogens with two attached hydrogens (primary N) is 1. The summed E-state index contributed by atoms with van der Waals surface area (Å²) in [5.74, 6) is -0.221. The second-order valence-electron chi connectivity index (χ2n) is 8.58. The molecule has 37 heavy (non-hydrogen) atoms. The number of nitrogens with zero attached hydrogens (tertiary/aromatic N) is 4. The van der Waals surface area contributed by atoms with Gasteiger partial charge in [-0.25, -0.2) is 9.78 Å². The molecule has 0 spiro atoms. The second kappa shape index (κ2) is 11.0. The summed E-state index contributed by atoms with van der Waals surface area (Å²) in [5, 5.41) is 10.6. The molecule has 10 nitrogen and oxygen atoms in total. The van der Waals surface area contributed by atoms with Gasteiger partial charge in [0.2, 0.25) is 5.95 Å². The Kier molecular flexibility index (Phi) is 7.57. The fraction of sp³-hybridized carbons (Fsp3) is 0.259. The third-order valence-electron chi connectivity index (χ3n) is 5.95. The number of nitrogens with one attached hydrogen (secondary N) is 2. The summed E-state index contributed by atoms with van der Waals surface area (Å²) in [5.41, 5.74) is 11.6. The summed E-state index contributed by atoms with van der Waals surface area (Å²) in [6.07, 6.45) is 3.97. The van der Waals surface area contributed by atoms with Gasteiger partial charge in [-0.3, -0.25) is 14.8 Å². The molecule has 2 aromatic carbocycles. The Morgan fingerprint density at radius 2 is 1.92 bits per heavy atom. The standard InChI is InChI=1S/C27H31N7O3/c1-5-34-23(15-18(3)32-34)25(35)31-27-30-21-10-6-7-11-22(21)33(27)13-9-8-12-29-24-17(2)14-19(16-20(24)28)26(36)37-4/h6-11,14-16,29H,5,12-13,28H2,1-4H3,(H,30,31,35)/b9-8+. The average Bonchev–Trinajstić information content (AvgIpc) is 3.44. The Hall–Kier alpha value is -4.60. The first-order valence-electron chi connectivity index (χ1n) is 12.0. The molecule has 2 aromatic heterocycles. The van der Waals surface area contributed by atoms with Crippen LogP contribution in [0.1, 0.15) is 39.0 Å². The maximum Gasteiger partial charge on any atom is 0.337 e. The molecule has 2 heterocycles. The monoisotopic (exact) mass is 501 g/mol. The van der Waals surface area contributed by atoms with E-state index in [4.69, 9.17) is 10.5 Å². The largest absolute Gasteiger partial charge is 0.465 e. The van der Waals surface area contributed by atoms with Crippen molar-refractivity contribution >= 4 is 40.2 Å². The second-order valence-corrected chi connectivity index (χ2v) is 8.58. The molecule has 0 saturated heterocycles. The van der Waals surface area contributed by atoms with E-state index in [0.717, 1.165) is 28.0 Å². The number of amides is 1. The van der Waals surface area contributed by atoms with Crippen LogP contribution in [0.25, 0.3) is 11.0 Å². The Balaban J connectivity index is 1.48. The third-order valence-corrected chi connectivity index (χ3v) is 5.95. The van der Waals surface area contributed by atoms with E-state index in [9.17, 15) is 9.59 Å². The predicted octanol–water partition coefficient (Wildman–Crippen LogP) is 4.16. The molecule has 0 aliphatic carbocycles. The van der Waals surface area contributed by atoms with Crippen molar-refractivity contribution < 1.29 is 14.3 Å². The number of imidazole rings is 1. The topological polar surface area (TPSA) is 129 Å². The zero-order chi connectivity index (χ0) is 26.5. The maximum absolute atomic E-state index is 13.0. The van der Waals surface area contributed by atoms with Crippen molar-refractivity contribution in [1.82, 2.24) is 19.3 Å². The molecule has 0 aliphatic heterocycles. The SMILES string of the molecule is CCn1nc(C)cc1C(=O)Nc1nc2ccccc2n1C/C=C/CNc1c(C)cc(C(=O)OC)cc1N. The molecule has 0 aliphatic rings. The van der Waals surface area contributed by atoms with E-state index in [1.165, 1.54) is 7.11 Å². The number of methoxy groups -OCH3 is 1. The molecule has 0 bridgehead atoms. The Labute approximate surface area is 215 Å². The quantitative estimate of drug-likeness (QED) is 0.178. The number of para-hydroxylation sites is 2. The number of rotatable bonds is 9. The summed E-state index contributed by atoms with van der Waals surface area (Å²) < 4.78 is 8.40. The first-order valence-corrected chi connectivity index (χ1v) is 12.0. The van der Waals surface area contributed by atoms with Crippen LogP contribution in [0, 0.1) is 13.8 Å². The van der Waals surface area contributed by atoms with Crippen molar-refractivity contribution in [2.45, 2.75) is 33.9 Å². The van der Waals surface area contributed by atoms with Crippen molar-refractivity contribution in [2.75, 3.05) is 30.0 Å². The van der Waals surface area contributed by atoms with Gasteiger partial charge in [0.05, 0.1) is 40.8 Å². The molecule has 0 fully saturated rings. The fourth-order valence-corrected chi connectivity index (χ4v) is 4.21. The number of nitrogen functional groups attached to an aromatic ring is 1. The number of benzene rings is 2. The van der Waals surface area contributed by atoms with Crippen molar-refractivity contribution in [1.29, 1.82) is 0 Å². The van der Waals surface area contributed by atoms with Crippen LogP contribution in [-0.2, 0) is 17.8 Å². The summed E-state index contributed by atoms with van der Waals surface area (Å²) in [6, 6.07) is 12.8. The molecule has 1 amide bonds. The van der Waals surface area contributed by atoms with Gasteiger partial charge in [0, 0.05) is 19.6 Å². The van der Waals surface area contributed by atoms with E-state index in [1.54, 1.807) is 22.9 Å². The van der Waals surface area contributed by atoms with E-state index in [2.05, 4.69) is 20.7 Å². The Morgan fingerprint density at radius 1 is 1.14 bits per heavy atom. The van der Waals surface area contributed by atoms with Gasteiger partial charge in [0.25, 0.3) is 5.91 Å². The van der Waals surface area contributed by atoms with Gasteiger partial charge in [0.15, 0.2) is 0 Å².